The summed E-state index contributed by atoms with van der Waals surface area (Å²) in [5.74, 6) is 1.51. The molecule has 1 saturated heterocycles. The molecule has 1 aliphatic heterocycles. The van der Waals surface area contributed by atoms with Gasteiger partial charge in [-0.3, -0.25) is 9.69 Å². The molecule has 158 valence electrons. The molecule has 4 rings (SSSR count). The van der Waals surface area contributed by atoms with Gasteiger partial charge in [-0.25, -0.2) is 4.98 Å². The molecule has 2 unspecified atom stereocenters. The monoisotopic (exact) mass is 423 g/mol. The van der Waals surface area contributed by atoms with Gasteiger partial charge in [0.25, 0.3) is 0 Å². The number of rotatable bonds is 7. The van der Waals surface area contributed by atoms with Gasteiger partial charge in [-0.2, -0.15) is 0 Å². The molecular weight excluding hydrogens is 394 g/mol. The first-order chi connectivity index (χ1) is 14.6. The maximum Gasteiger partial charge on any atom is 0.239 e. The van der Waals surface area contributed by atoms with E-state index in [4.69, 9.17) is 4.74 Å². The molecular formula is C24H29N3O2S. The third-order valence-corrected chi connectivity index (χ3v) is 6.79. The van der Waals surface area contributed by atoms with Gasteiger partial charge in [0, 0.05) is 19.5 Å². The number of hydrogen-bond donors (Lipinski definition) is 0. The number of hydrogen-bond acceptors (Lipinski definition) is 5. The average Bonchev–Trinajstić information content (AvgIpc) is 3.20. The number of nitrogens with zero attached hydrogens (tertiary/aromatic N) is 3. The van der Waals surface area contributed by atoms with E-state index < -0.39 is 0 Å². The van der Waals surface area contributed by atoms with Gasteiger partial charge in [-0.05, 0) is 50.6 Å². The minimum Gasteiger partial charge on any atom is -0.493 e. The van der Waals surface area contributed by atoms with Crippen LogP contribution in [0, 0.1) is 5.92 Å². The van der Waals surface area contributed by atoms with Crippen LogP contribution in [-0.2, 0) is 11.3 Å². The second-order valence-corrected chi connectivity index (χ2v) is 9.19. The Kier molecular flexibility index (Phi) is 6.65. The molecule has 5 nitrogen and oxygen atoms in total. The Morgan fingerprint density at radius 1 is 1.23 bits per heavy atom. The summed E-state index contributed by atoms with van der Waals surface area (Å²) in [6, 6.07) is 17.9. The summed E-state index contributed by atoms with van der Waals surface area (Å²) in [5, 5.41) is 0.979. The first-order valence-electron chi connectivity index (χ1n) is 10.6. The number of para-hydroxylation sites is 2. The lowest BCUT2D eigenvalue weighted by Crippen LogP contribution is -2.50. The van der Waals surface area contributed by atoms with Gasteiger partial charge in [0.2, 0.25) is 5.91 Å². The quantitative estimate of drug-likeness (QED) is 0.564. The van der Waals surface area contributed by atoms with Crippen molar-refractivity contribution in [2.75, 3.05) is 26.7 Å². The number of piperidine rings is 1. The van der Waals surface area contributed by atoms with E-state index in [0.29, 0.717) is 19.1 Å². The summed E-state index contributed by atoms with van der Waals surface area (Å²) in [7, 11) is 1.88. The van der Waals surface area contributed by atoms with Crippen molar-refractivity contribution in [3.8, 4) is 5.75 Å². The van der Waals surface area contributed by atoms with Crippen molar-refractivity contribution in [3.63, 3.8) is 0 Å². The van der Waals surface area contributed by atoms with E-state index in [-0.39, 0.29) is 11.9 Å². The molecule has 1 fully saturated rings. The van der Waals surface area contributed by atoms with Crippen LogP contribution in [0.2, 0.25) is 0 Å². The zero-order chi connectivity index (χ0) is 20.9. The van der Waals surface area contributed by atoms with E-state index in [9.17, 15) is 4.79 Å². The summed E-state index contributed by atoms with van der Waals surface area (Å²) >= 11 is 1.66. The van der Waals surface area contributed by atoms with Gasteiger partial charge in [-0.15, -0.1) is 11.3 Å². The lowest BCUT2D eigenvalue weighted by molar-refractivity contribution is -0.136. The third kappa shape index (κ3) is 4.99. The predicted molar refractivity (Wildman–Crippen MR) is 122 cm³/mol. The van der Waals surface area contributed by atoms with Crippen molar-refractivity contribution in [2.45, 2.75) is 32.4 Å². The number of fused-ring (bicyclic) bond motifs is 1. The zero-order valence-electron chi connectivity index (χ0n) is 17.7. The second kappa shape index (κ2) is 9.58. The molecule has 2 atom stereocenters. The van der Waals surface area contributed by atoms with Gasteiger partial charge >= 0.3 is 0 Å². The molecule has 0 aliphatic carbocycles. The molecule has 3 aromatic rings. The number of thiazole rings is 1. The molecule has 2 aromatic carbocycles. The predicted octanol–water partition coefficient (Wildman–Crippen LogP) is 4.43. The fourth-order valence-electron chi connectivity index (χ4n) is 4.06. The molecule has 0 saturated carbocycles. The van der Waals surface area contributed by atoms with Crippen molar-refractivity contribution >= 4 is 27.5 Å². The molecule has 2 heterocycles. The van der Waals surface area contributed by atoms with Crippen molar-refractivity contribution < 1.29 is 9.53 Å². The summed E-state index contributed by atoms with van der Waals surface area (Å²) < 4.78 is 7.13. The highest BCUT2D eigenvalue weighted by Gasteiger charge is 2.29. The normalized spacial score (nSPS) is 18.3. The Morgan fingerprint density at radius 2 is 2.00 bits per heavy atom. The molecule has 0 spiro atoms. The molecule has 0 bridgehead atoms. The number of likely N-dealkylation sites (N-methyl/N-ethyl adjacent to an activating group) is 1. The van der Waals surface area contributed by atoms with Crippen molar-refractivity contribution in [1.29, 1.82) is 0 Å². The van der Waals surface area contributed by atoms with Crippen LogP contribution in [0.15, 0.2) is 54.6 Å². The first-order valence-corrected chi connectivity index (χ1v) is 11.4. The van der Waals surface area contributed by atoms with Crippen LogP contribution in [0.3, 0.4) is 0 Å². The third-order valence-electron chi connectivity index (χ3n) is 5.77. The minimum absolute atomic E-state index is 0.135. The Bertz CT molecular complexity index is 942. The molecule has 0 N–H and O–H groups in total. The zero-order valence-corrected chi connectivity index (χ0v) is 18.5. The molecule has 1 aliphatic rings. The fraction of sp³-hybridized carbons (Fsp3) is 0.417. The Morgan fingerprint density at radius 3 is 2.80 bits per heavy atom. The molecule has 1 aromatic heterocycles. The lowest BCUT2D eigenvalue weighted by Gasteiger charge is -2.37. The Hall–Kier alpha value is -2.44. The smallest absolute Gasteiger partial charge is 0.239 e. The molecule has 0 radical (unpaired) electrons. The topological polar surface area (TPSA) is 45.7 Å². The SMILES string of the molecule is CC(C(=O)N(C)Cc1nc2ccccc2s1)N1CCCC(COc2ccccc2)C1. The Balaban J connectivity index is 1.31. The van der Waals surface area contributed by atoms with Gasteiger partial charge in [0.05, 0.1) is 29.4 Å². The van der Waals surface area contributed by atoms with Crippen molar-refractivity contribution in [2.24, 2.45) is 5.92 Å². The second-order valence-electron chi connectivity index (χ2n) is 8.07. The lowest BCUT2D eigenvalue weighted by atomic mass is 9.97. The number of aromatic nitrogens is 1. The van der Waals surface area contributed by atoms with Crippen LogP contribution in [0.25, 0.3) is 10.2 Å². The van der Waals surface area contributed by atoms with Crippen LogP contribution in [0.1, 0.15) is 24.8 Å². The fourth-order valence-corrected chi connectivity index (χ4v) is 5.08. The highest BCUT2D eigenvalue weighted by Crippen LogP contribution is 2.24. The van der Waals surface area contributed by atoms with Gasteiger partial charge in [0.15, 0.2) is 0 Å². The van der Waals surface area contributed by atoms with E-state index in [1.165, 1.54) is 4.70 Å². The van der Waals surface area contributed by atoms with E-state index in [1.54, 1.807) is 11.3 Å². The summed E-state index contributed by atoms with van der Waals surface area (Å²) in [4.78, 5) is 21.9. The molecule has 6 heteroatoms. The maximum absolute atomic E-state index is 13.1. The summed E-state index contributed by atoms with van der Waals surface area (Å²) in [5.41, 5.74) is 1.00. The molecule has 1 amide bonds. The number of carbonyl (C=O) groups is 1. The van der Waals surface area contributed by atoms with Crippen LogP contribution >= 0.6 is 11.3 Å². The number of likely N-dealkylation sites (tertiary alicyclic amines) is 1. The number of benzene rings is 2. The summed E-state index contributed by atoms with van der Waals surface area (Å²) in [6.45, 7) is 5.13. The minimum atomic E-state index is -0.135. The van der Waals surface area contributed by atoms with E-state index >= 15 is 0 Å². The van der Waals surface area contributed by atoms with E-state index in [1.807, 2.05) is 67.4 Å². The highest BCUT2D eigenvalue weighted by molar-refractivity contribution is 7.18. The van der Waals surface area contributed by atoms with E-state index in [2.05, 4.69) is 16.0 Å². The Labute approximate surface area is 182 Å². The standard InChI is InChI=1S/C24H29N3O2S/c1-18(24(28)26(2)16-23-25-21-12-6-7-13-22(21)30-23)27-14-8-9-19(15-27)17-29-20-10-4-3-5-11-20/h3-7,10-13,18-19H,8-9,14-17H2,1-2H3. The average molecular weight is 424 g/mol. The number of ether oxygens (including phenoxy) is 1. The van der Waals surface area contributed by atoms with Gasteiger partial charge < -0.3 is 9.64 Å². The van der Waals surface area contributed by atoms with Crippen LogP contribution in [0.5, 0.6) is 5.75 Å². The van der Waals surface area contributed by atoms with Crippen LogP contribution < -0.4 is 4.74 Å². The number of carbonyl (C=O) groups excluding carboxylic acids is 1. The van der Waals surface area contributed by atoms with Gasteiger partial charge in [0.1, 0.15) is 10.8 Å². The van der Waals surface area contributed by atoms with Crippen molar-refractivity contribution in [1.82, 2.24) is 14.8 Å². The highest BCUT2D eigenvalue weighted by atomic mass is 32.1. The van der Waals surface area contributed by atoms with E-state index in [0.717, 1.165) is 42.2 Å². The van der Waals surface area contributed by atoms with Crippen molar-refractivity contribution in [3.05, 3.63) is 59.6 Å². The van der Waals surface area contributed by atoms with Crippen LogP contribution in [-0.4, -0.2) is 53.5 Å². The maximum atomic E-state index is 13.1. The molecule has 30 heavy (non-hydrogen) atoms. The largest absolute Gasteiger partial charge is 0.493 e. The van der Waals surface area contributed by atoms with Crippen LogP contribution in [0.4, 0.5) is 0 Å². The number of amides is 1. The first kappa shape index (κ1) is 20.8. The van der Waals surface area contributed by atoms with Gasteiger partial charge in [-0.1, -0.05) is 30.3 Å². The summed E-state index contributed by atoms with van der Waals surface area (Å²) in [6.07, 6.45) is 2.24.